The second-order valence-electron chi connectivity index (χ2n) is 8.76. The van der Waals surface area contributed by atoms with E-state index in [9.17, 15) is 18.8 Å². The number of hydrogen-bond acceptors (Lipinski definition) is 7. The Kier molecular flexibility index (Phi) is 7.46. The Hall–Kier alpha value is -3.73. The van der Waals surface area contributed by atoms with Crippen LogP contribution in [0.1, 0.15) is 25.6 Å². The molecule has 0 aliphatic carbocycles. The van der Waals surface area contributed by atoms with Gasteiger partial charge in [-0.2, -0.15) is 0 Å². The number of pyridine rings is 1. The van der Waals surface area contributed by atoms with E-state index in [0.29, 0.717) is 58.2 Å². The van der Waals surface area contributed by atoms with Crippen molar-refractivity contribution in [2.45, 2.75) is 6.54 Å². The number of hydrogen-bond donors (Lipinski definition) is 1. The first kappa shape index (κ1) is 25.9. The summed E-state index contributed by atoms with van der Waals surface area (Å²) in [5.41, 5.74) is 6.39. The quantitative estimate of drug-likeness (QED) is 0.286. The molecule has 0 bridgehead atoms. The van der Waals surface area contributed by atoms with Gasteiger partial charge in [-0.15, -0.1) is 11.3 Å². The van der Waals surface area contributed by atoms with Crippen LogP contribution < -0.4 is 16.2 Å². The fourth-order valence-electron chi connectivity index (χ4n) is 4.69. The van der Waals surface area contributed by atoms with Crippen LogP contribution in [-0.4, -0.2) is 54.3 Å². The Balaban J connectivity index is 1.60. The third-order valence-electron chi connectivity index (χ3n) is 6.49. The predicted octanol–water partition coefficient (Wildman–Crippen LogP) is 3.94. The molecule has 1 amide bonds. The maximum atomic E-state index is 13.9. The lowest BCUT2D eigenvalue weighted by molar-refractivity contribution is 0.0512. The van der Waals surface area contributed by atoms with Crippen molar-refractivity contribution in [1.82, 2.24) is 9.47 Å². The number of esters is 1. The molecule has 2 aromatic carbocycles. The Morgan fingerprint density at radius 3 is 2.45 bits per heavy atom. The molecular formula is C27H24ClFN4O4S. The molecule has 0 atom stereocenters. The molecule has 11 heteroatoms. The van der Waals surface area contributed by atoms with Gasteiger partial charge in [-0.05, 0) is 47.3 Å². The smallest absolute Gasteiger partial charge is 0.347 e. The fourth-order valence-corrected chi connectivity index (χ4v) is 5.56. The third-order valence-corrected chi connectivity index (χ3v) is 7.58. The molecule has 3 heterocycles. The van der Waals surface area contributed by atoms with Crippen LogP contribution in [0.15, 0.2) is 64.8 Å². The highest BCUT2D eigenvalue weighted by molar-refractivity contribution is 7.12. The fraction of sp³-hybridized carbons (Fsp3) is 0.222. The zero-order chi connectivity index (χ0) is 26.8. The van der Waals surface area contributed by atoms with Crippen LogP contribution in [0.25, 0.3) is 10.9 Å². The minimum atomic E-state index is -0.848. The number of anilines is 1. The van der Waals surface area contributed by atoms with E-state index in [1.807, 2.05) is 16.3 Å². The molecule has 8 nitrogen and oxygen atoms in total. The molecule has 1 saturated heterocycles. The zero-order valence-electron chi connectivity index (χ0n) is 20.2. The Labute approximate surface area is 226 Å². The lowest BCUT2D eigenvalue weighted by Crippen LogP contribution is -2.49. The number of halogens is 2. The summed E-state index contributed by atoms with van der Waals surface area (Å²) in [7, 11) is 0. The number of rotatable bonds is 6. The third kappa shape index (κ3) is 5.02. The van der Waals surface area contributed by atoms with Gasteiger partial charge in [0.05, 0.1) is 22.6 Å². The van der Waals surface area contributed by atoms with Crippen molar-refractivity contribution in [3.63, 3.8) is 0 Å². The summed E-state index contributed by atoms with van der Waals surface area (Å²) in [6.07, 6.45) is 0. The number of nitrogens with zero attached hydrogens (tertiary/aromatic N) is 3. The molecule has 0 radical (unpaired) electrons. The van der Waals surface area contributed by atoms with Crippen LogP contribution in [0, 0.1) is 5.82 Å². The van der Waals surface area contributed by atoms with E-state index in [4.69, 9.17) is 22.1 Å². The lowest BCUT2D eigenvalue weighted by atomic mass is 10.0. The van der Waals surface area contributed by atoms with Gasteiger partial charge in [0.25, 0.3) is 11.5 Å². The van der Waals surface area contributed by atoms with Gasteiger partial charge in [-0.3, -0.25) is 15.3 Å². The van der Waals surface area contributed by atoms with Crippen LogP contribution in [0.2, 0.25) is 5.02 Å². The molecule has 0 unspecified atom stereocenters. The Bertz CT molecular complexity index is 1550. The molecule has 0 saturated carbocycles. The second kappa shape index (κ2) is 10.9. The minimum Gasteiger partial charge on any atom is -0.446 e. The van der Waals surface area contributed by atoms with Crippen molar-refractivity contribution in [2.24, 2.45) is 5.73 Å². The normalized spacial score (nSPS) is 13.7. The van der Waals surface area contributed by atoms with Crippen molar-refractivity contribution in [3.05, 3.63) is 97.2 Å². The number of fused-ring (bicyclic) bond motifs is 1. The highest BCUT2D eigenvalue weighted by Gasteiger charge is 2.30. The number of nitrogens with two attached hydrogens (primary N) is 1. The summed E-state index contributed by atoms with van der Waals surface area (Å²) >= 11 is 7.76. The number of thiophene rings is 1. The van der Waals surface area contributed by atoms with E-state index in [-0.39, 0.29) is 18.0 Å². The summed E-state index contributed by atoms with van der Waals surface area (Å²) < 4.78 is 20.0. The number of amides is 1. The van der Waals surface area contributed by atoms with Crippen molar-refractivity contribution in [1.29, 1.82) is 0 Å². The predicted molar refractivity (Wildman–Crippen MR) is 146 cm³/mol. The first-order valence-corrected chi connectivity index (χ1v) is 13.2. The van der Waals surface area contributed by atoms with Gasteiger partial charge in [-0.1, -0.05) is 29.8 Å². The SMILES string of the molecule is NCOC(=O)c1c(N2CCN(C(=O)c3cccs3)CC2)c2cc(Cl)ccc2n(Cc2ccc(F)cc2)c1=O. The van der Waals surface area contributed by atoms with Crippen LogP contribution in [0.5, 0.6) is 0 Å². The van der Waals surface area contributed by atoms with E-state index in [1.165, 1.54) is 28.0 Å². The number of ether oxygens (including phenoxy) is 1. The minimum absolute atomic E-state index is 0.0509. The summed E-state index contributed by atoms with van der Waals surface area (Å²) in [6, 6.07) is 14.5. The van der Waals surface area contributed by atoms with E-state index in [2.05, 4.69) is 0 Å². The molecule has 5 rings (SSSR count). The number of benzene rings is 2. The summed E-state index contributed by atoms with van der Waals surface area (Å²) in [4.78, 5) is 44.2. The highest BCUT2D eigenvalue weighted by Crippen LogP contribution is 2.33. The largest absolute Gasteiger partial charge is 0.446 e. The first-order chi connectivity index (χ1) is 18.4. The van der Waals surface area contributed by atoms with E-state index in [0.717, 1.165) is 0 Å². The molecule has 2 N–H and O–H groups in total. The van der Waals surface area contributed by atoms with Crippen molar-refractivity contribution < 1.29 is 18.7 Å². The van der Waals surface area contributed by atoms with E-state index < -0.39 is 24.1 Å². The van der Waals surface area contributed by atoms with Gasteiger partial charge >= 0.3 is 5.97 Å². The van der Waals surface area contributed by atoms with Crippen LogP contribution in [0.3, 0.4) is 0 Å². The standard InChI is InChI=1S/C27H24ClFN4O4S/c28-18-5-8-21-20(14-18)24(31-9-11-32(12-10-31)25(34)22-2-1-13-38-22)23(27(36)37-16-30)26(35)33(21)15-17-3-6-19(29)7-4-17/h1-8,13-14H,9-12,15-16,30H2. The maximum absolute atomic E-state index is 13.9. The van der Waals surface area contributed by atoms with Crippen LogP contribution in [-0.2, 0) is 11.3 Å². The Morgan fingerprint density at radius 1 is 1.05 bits per heavy atom. The van der Waals surface area contributed by atoms with Gasteiger partial charge in [0.2, 0.25) is 0 Å². The molecule has 1 aliphatic rings. The van der Waals surface area contributed by atoms with Gasteiger partial charge in [0.15, 0.2) is 0 Å². The average molecular weight is 555 g/mol. The van der Waals surface area contributed by atoms with Gasteiger partial charge in [0.1, 0.15) is 18.1 Å². The zero-order valence-corrected chi connectivity index (χ0v) is 21.8. The molecular weight excluding hydrogens is 531 g/mol. The molecule has 4 aromatic rings. The molecule has 1 aliphatic heterocycles. The van der Waals surface area contributed by atoms with Crippen LogP contribution in [0.4, 0.5) is 10.1 Å². The van der Waals surface area contributed by atoms with E-state index in [1.54, 1.807) is 41.3 Å². The topological polar surface area (TPSA) is 97.9 Å². The monoisotopic (exact) mass is 554 g/mol. The van der Waals surface area contributed by atoms with Crippen molar-refractivity contribution in [2.75, 3.05) is 37.8 Å². The summed E-state index contributed by atoms with van der Waals surface area (Å²) in [5, 5.41) is 2.87. The first-order valence-electron chi connectivity index (χ1n) is 11.9. The molecule has 196 valence electrons. The maximum Gasteiger partial charge on any atom is 0.347 e. The average Bonchev–Trinajstić information content (AvgIpc) is 3.46. The van der Waals surface area contributed by atoms with Gasteiger partial charge in [0, 0.05) is 36.6 Å². The Morgan fingerprint density at radius 2 is 1.79 bits per heavy atom. The van der Waals surface area contributed by atoms with Gasteiger partial charge in [-0.25, -0.2) is 9.18 Å². The molecule has 38 heavy (non-hydrogen) atoms. The molecule has 2 aromatic heterocycles. The lowest BCUT2D eigenvalue weighted by Gasteiger charge is -2.37. The van der Waals surface area contributed by atoms with Crippen molar-refractivity contribution >= 4 is 51.4 Å². The van der Waals surface area contributed by atoms with Crippen LogP contribution >= 0.6 is 22.9 Å². The highest BCUT2D eigenvalue weighted by atomic mass is 35.5. The number of piperazine rings is 1. The number of carbonyl (C=O) groups excluding carboxylic acids is 2. The number of carbonyl (C=O) groups is 2. The molecule has 1 fully saturated rings. The number of aromatic nitrogens is 1. The van der Waals surface area contributed by atoms with E-state index >= 15 is 0 Å². The molecule has 0 spiro atoms. The van der Waals surface area contributed by atoms with Gasteiger partial charge < -0.3 is 19.1 Å². The summed E-state index contributed by atoms with van der Waals surface area (Å²) in [5.74, 6) is -1.29. The second-order valence-corrected chi connectivity index (χ2v) is 10.1. The summed E-state index contributed by atoms with van der Waals surface area (Å²) in [6.45, 7) is 1.30. The van der Waals surface area contributed by atoms with Crippen molar-refractivity contribution in [3.8, 4) is 0 Å².